The molecule has 1 aromatic carbocycles. The Bertz CT molecular complexity index is 514. The van der Waals surface area contributed by atoms with Gasteiger partial charge in [0.15, 0.2) is 0 Å². The first-order chi connectivity index (χ1) is 8.22. The van der Waals surface area contributed by atoms with Gasteiger partial charge in [0, 0.05) is 12.0 Å². The highest BCUT2D eigenvalue weighted by Crippen LogP contribution is 2.27. The largest absolute Gasteiger partial charge is 0.232 e. The molecular formula is C13H12ClIN2. The second kappa shape index (κ2) is 5.78. The van der Waals surface area contributed by atoms with Crippen LogP contribution in [0.1, 0.15) is 19.2 Å². The lowest BCUT2D eigenvalue weighted by molar-refractivity contribution is 0.834. The Labute approximate surface area is 120 Å². The molecule has 0 aliphatic rings. The van der Waals surface area contributed by atoms with Gasteiger partial charge in [-0.1, -0.05) is 48.9 Å². The third-order valence-electron chi connectivity index (χ3n) is 2.38. The first-order valence-corrected chi connectivity index (χ1v) is 6.95. The minimum absolute atomic E-state index is 0.544. The number of hydrogen-bond donors (Lipinski definition) is 0. The summed E-state index contributed by atoms with van der Waals surface area (Å²) in [5.74, 6) is 0.816. The molecule has 88 valence electrons. The molecule has 2 nitrogen and oxygen atoms in total. The van der Waals surface area contributed by atoms with E-state index in [1.807, 2.05) is 30.3 Å². The standard InChI is InChI=1S/C13H12ClIN2/c1-2-6-10-16-12(11(15)13(14)17-10)9-7-4-3-5-8-9/h3-5,7-8H,2,6H2,1H3. The fourth-order valence-electron chi connectivity index (χ4n) is 1.59. The highest BCUT2D eigenvalue weighted by Gasteiger charge is 2.11. The van der Waals surface area contributed by atoms with Crippen LogP contribution in [-0.2, 0) is 6.42 Å². The number of hydrogen-bond acceptors (Lipinski definition) is 2. The SMILES string of the molecule is CCCc1nc(Cl)c(I)c(-c2ccccc2)n1. The maximum atomic E-state index is 6.15. The molecule has 0 radical (unpaired) electrons. The molecule has 0 bridgehead atoms. The van der Waals surface area contributed by atoms with Crippen LogP contribution < -0.4 is 0 Å². The minimum Gasteiger partial charge on any atom is -0.232 e. The van der Waals surface area contributed by atoms with Gasteiger partial charge in [0.25, 0.3) is 0 Å². The summed E-state index contributed by atoms with van der Waals surface area (Å²) in [6.45, 7) is 2.11. The van der Waals surface area contributed by atoms with Crippen LogP contribution in [0.15, 0.2) is 30.3 Å². The number of benzene rings is 1. The van der Waals surface area contributed by atoms with Gasteiger partial charge in [-0.25, -0.2) is 9.97 Å². The van der Waals surface area contributed by atoms with Crippen molar-refractivity contribution < 1.29 is 0 Å². The maximum absolute atomic E-state index is 6.15. The van der Waals surface area contributed by atoms with E-state index in [1.54, 1.807) is 0 Å². The van der Waals surface area contributed by atoms with E-state index in [9.17, 15) is 0 Å². The second-order valence-electron chi connectivity index (χ2n) is 3.71. The lowest BCUT2D eigenvalue weighted by Crippen LogP contribution is -2.00. The van der Waals surface area contributed by atoms with Crippen LogP contribution in [0.2, 0.25) is 5.15 Å². The molecule has 2 rings (SSSR count). The molecule has 0 aliphatic heterocycles. The van der Waals surface area contributed by atoms with Crippen LogP contribution in [0.5, 0.6) is 0 Å². The predicted octanol–water partition coefficient (Wildman–Crippen LogP) is 4.35. The summed E-state index contributed by atoms with van der Waals surface area (Å²) >= 11 is 8.34. The quantitative estimate of drug-likeness (QED) is 0.602. The summed E-state index contributed by atoms with van der Waals surface area (Å²) in [5.41, 5.74) is 2.01. The van der Waals surface area contributed by atoms with Crippen molar-refractivity contribution in [3.63, 3.8) is 0 Å². The zero-order valence-electron chi connectivity index (χ0n) is 9.45. The molecule has 0 fully saturated rings. The Hall–Kier alpha value is -0.680. The smallest absolute Gasteiger partial charge is 0.146 e. The second-order valence-corrected chi connectivity index (χ2v) is 5.15. The van der Waals surface area contributed by atoms with Crippen molar-refractivity contribution in [1.29, 1.82) is 0 Å². The summed E-state index contributed by atoms with van der Waals surface area (Å²) in [6, 6.07) is 10.1. The fraction of sp³-hybridized carbons (Fsp3) is 0.231. The van der Waals surface area contributed by atoms with Gasteiger partial charge in [-0.2, -0.15) is 0 Å². The summed E-state index contributed by atoms with van der Waals surface area (Å²) in [6.07, 6.45) is 1.88. The lowest BCUT2D eigenvalue weighted by Gasteiger charge is -2.07. The molecule has 2 aromatic rings. The third kappa shape index (κ3) is 2.96. The average Bonchev–Trinajstić information content (AvgIpc) is 2.35. The van der Waals surface area contributed by atoms with Crippen molar-refractivity contribution in [2.75, 3.05) is 0 Å². The molecule has 1 aromatic heterocycles. The average molecular weight is 359 g/mol. The van der Waals surface area contributed by atoms with Crippen LogP contribution in [0.25, 0.3) is 11.3 Å². The Morgan fingerprint density at radius 1 is 1.18 bits per heavy atom. The van der Waals surface area contributed by atoms with E-state index in [0.29, 0.717) is 5.15 Å². The van der Waals surface area contributed by atoms with Gasteiger partial charge >= 0.3 is 0 Å². The van der Waals surface area contributed by atoms with E-state index in [1.165, 1.54) is 0 Å². The molecule has 0 aliphatic carbocycles. The molecule has 0 amide bonds. The summed E-state index contributed by atoms with van der Waals surface area (Å²) in [4.78, 5) is 8.89. The molecule has 0 saturated carbocycles. The number of halogens is 2. The fourth-order valence-corrected chi connectivity index (χ4v) is 2.33. The summed E-state index contributed by atoms with van der Waals surface area (Å²) in [7, 11) is 0. The Morgan fingerprint density at radius 2 is 1.88 bits per heavy atom. The molecule has 4 heteroatoms. The van der Waals surface area contributed by atoms with Crippen molar-refractivity contribution in [1.82, 2.24) is 9.97 Å². The molecule has 0 saturated heterocycles. The van der Waals surface area contributed by atoms with Crippen LogP contribution in [0.4, 0.5) is 0 Å². The lowest BCUT2D eigenvalue weighted by atomic mass is 10.1. The topological polar surface area (TPSA) is 25.8 Å². The highest BCUT2D eigenvalue weighted by atomic mass is 127. The van der Waals surface area contributed by atoms with Gasteiger partial charge in [0.1, 0.15) is 11.0 Å². The normalized spacial score (nSPS) is 10.5. The molecular weight excluding hydrogens is 347 g/mol. The number of aromatic nitrogens is 2. The molecule has 1 heterocycles. The number of aryl methyl sites for hydroxylation is 1. The predicted molar refractivity (Wildman–Crippen MR) is 79.2 cm³/mol. The highest BCUT2D eigenvalue weighted by molar-refractivity contribution is 14.1. The Balaban J connectivity index is 2.53. The maximum Gasteiger partial charge on any atom is 0.146 e. The van der Waals surface area contributed by atoms with Crippen molar-refractivity contribution in [2.24, 2.45) is 0 Å². The van der Waals surface area contributed by atoms with Crippen LogP contribution in [-0.4, -0.2) is 9.97 Å². The third-order valence-corrected chi connectivity index (χ3v) is 3.99. The first kappa shape index (κ1) is 12.8. The van der Waals surface area contributed by atoms with Gasteiger partial charge in [0.2, 0.25) is 0 Å². The zero-order valence-corrected chi connectivity index (χ0v) is 12.4. The van der Waals surface area contributed by atoms with Gasteiger partial charge in [-0.05, 0) is 29.0 Å². The monoisotopic (exact) mass is 358 g/mol. The van der Waals surface area contributed by atoms with Gasteiger partial charge in [0.05, 0.1) is 9.26 Å². The molecule has 0 N–H and O–H groups in total. The van der Waals surface area contributed by atoms with Crippen LogP contribution in [0.3, 0.4) is 0 Å². The molecule has 0 spiro atoms. The van der Waals surface area contributed by atoms with Gasteiger partial charge in [-0.3, -0.25) is 0 Å². The molecule has 0 atom stereocenters. The van der Waals surface area contributed by atoms with Crippen molar-refractivity contribution in [2.45, 2.75) is 19.8 Å². The molecule has 0 unspecified atom stereocenters. The van der Waals surface area contributed by atoms with E-state index in [4.69, 9.17) is 11.6 Å². The van der Waals surface area contributed by atoms with E-state index in [2.05, 4.69) is 39.5 Å². The van der Waals surface area contributed by atoms with E-state index >= 15 is 0 Å². The summed E-state index contributed by atoms with van der Waals surface area (Å²) < 4.78 is 0.912. The Morgan fingerprint density at radius 3 is 2.53 bits per heavy atom. The Kier molecular flexibility index (Phi) is 4.34. The number of nitrogens with zero attached hydrogens (tertiary/aromatic N) is 2. The van der Waals surface area contributed by atoms with Gasteiger partial charge < -0.3 is 0 Å². The summed E-state index contributed by atoms with van der Waals surface area (Å²) in [5, 5.41) is 0.544. The first-order valence-electron chi connectivity index (χ1n) is 5.49. The van der Waals surface area contributed by atoms with Crippen LogP contribution in [0, 0.1) is 3.57 Å². The van der Waals surface area contributed by atoms with Crippen molar-refractivity contribution in [3.8, 4) is 11.3 Å². The molecule has 17 heavy (non-hydrogen) atoms. The zero-order chi connectivity index (χ0) is 12.3. The van der Waals surface area contributed by atoms with Crippen LogP contribution >= 0.6 is 34.2 Å². The van der Waals surface area contributed by atoms with Crippen molar-refractivity contribution in [3.05, 3.63) is 44.9 Å². The van der Waals surface area contributed by atoms with E-state index < -0.39 is 0 Å². The van der Waals surface area contributed by atoms with E-state index in [0.717, 1.165) is 33.5 Å². The van der Waals surface area contributed by atoms with E-state index in [-0.39, 0.29) is 0 Å². The minimum atomic E-state index is 0.544. The van der Waals surface area contributed by atoms with Crippen molar-refractivity contribution >= 4 is 34.2 Å². The number of rotatable bonds is 3. The van der Waals surface area contributed by atoms with Gasteiger partial charge in [-0.15, -0.1) is 0 Å².